The maximum absolute atomic E-state index is 3.54. The summed E-state index contributed by atoms with van der Waals surface area (Å²) in [5.74, 6) is 0. The third kappa shape index (κ3) is 1.81. The molecular formula is C13H18N2. The van der Waals surface area contributed by atoms with Crippen LogP contribution in [0.4, 0.5) is 11.4 Å². The number of benzene rings is 1. The van der Waals surface area contributed by atoms with Crippen LogP contribution in [0.5, 0.6) is 0 Å². The molecule has 0 spiro atoms. The smallest absolute Gasteiger partial charge is 0.0604 e. The zero-order valence-corrected chi connectivity index (χ0v) is 9.08. The molecule has 0 radical (unpaired) electrons. The Morgan fingerprint density at radius 1 is 1.13 bits per heavy atom. The Morgan fingerprint density at radius 3 is 2.87 bits per heavy atom. The highest BCUT2D eigenvalue weighted by molar-refractivity contribution is 5.71. The molecule has 15 heavy (non-hydrogen) atoms. The lowest BCUT2D eigenvalue weighted by molar-refractivity contribution is 0.689. The van der Waals surface area contributed by atoms with E-state index < -0.39 is 0 Å². The number of rotatable bonds is 1. The molecule has 1 aliphatic heterocycles. The maximum atomic E-state index is 3.54. The number of hydrogen-bond donors (Lipinski definition) is 1. The van der Waals surface area contributed by atoms with Crippen LogP contribution in [0.25, 0.3) is 0 Å². The van der Waals surface area contributed by atoms with Crippen molar-refractivity contribution >= 4 is 11.4 Å². The van der Waals surface area contributed by atoms with E-state index in [1.165, 1.54) is 43.6 Å². The van der Waals surface area contributed by atoms with Crippen molar-refractivity contribution in [2.24, 2.45) is 0 Å². The minimum absolute atomic E-state index is 0.825. The van der Waals surface area contributed by atoms with Crippen molar-refractivity contribution < 1.29 is 0 Å². The van der Waals surface area contributed by atoms with Gasteiger partial charge in [0.15, 0.2) is 0 Å². The van der Waals surface area contributed by atoms with Crippen LogP contribution < -0.4 is 10.2 Å². The predicted octanol–water partition coefficient (Wildman–Crippen LogP) is 2.86. The van der Waals surface area contributed by atoms with Crippen LogP contribution in [0.15, 0.2) is 24.3 Å². The molecule has 1 saturated carbocycles. The first-order chi connectivity index (χ1) is 7.45. The molecule has 0 bridgehead atoms. The lowest BCUT2D eigenvalue weighted by Gasteiger charge is -2.29. The molecule has 1 aliphatic carbocycles. The van der Waals surface area contributed by atoms with Crippen molar-refractivity contribution in [3.05, 3.63) is 24.3 Å². The molecular weight excluding hydrogens is 184 g/mol. The van der Waals surface area contributed by atoms with E-state index in [9.17, 15) is 0 Å². The van der Waals surface area contributed by atoms with Crippen LogP contribution in [-0.2, 0) is 0 Å². The topological polar surface area (TPSA) is 15.3 Å². The van der Waals surface area contributed by atoms with Crippen LogP contribution in [-0.4, -0.2) is 19.1 Å². The molecule has 0 atom stereocenters. The van der Waals surface area contributed by atoms with Crippen LogP contribution >= 0.6 is 0 Å². The van der Waals surface area contributed by atoms with Crippen molar-refractivity contribution in [2.45, 2.75) is 31.7 Å². The van der Waals surface area contributed by atoms with Gasteiger partial charge in [0.25, 0.3) is 0 Å². The first-order valence-electron chi connectivity index (χ1n) is 6.05. The van der Waals surface area contributed by atoms with Gasteiger partial charge in [-0.3, -0.25) is 0 Å². The zero-order valence-electron chi connectivity index (χ0n) is 9.08. The summed E-state index contributed by atoms with van der Waals surface area (Å²) in [4.78, 5) is 2.60. The second-order valence-electron chi connectivity index (χ2n) is 4.58. The fourth-order valence-electron chi connectivity index (χ4n) is 2.39. The van der Waals surface area contributed by atoms with Gasteiger partial charge in [0.2, 0.25) is 0 Å². The van der Waals surface area contributed by atoms with E-state index in [0.717, 1.165) is 12.6 Å². The third-order valence-electron chi connectivity index (χ3n) is 3.34. The van der Waals surface area contributed by atoms with Gasteiger partial charge in [0, 0.05) is 19.1 Å². The van der Waals surface area contributed by atoms with E-state index in [-0.39, 0.29) is 0 Å². The molecule has 1 fully saturated rings. The van der Waals surface area contributed by atoms with Gasteiger partial charge in [-0.05, 0) is 37.8 Å². The second kappa shape index (κ2) is 3.76. The molecule has 2 aliphatic rings. The number of anilines is 2. The van der Waals surface area contributed by atoms with Crippen molar-refractivity contribution in [1.82, 2.24) is 0 Å². The van der Waals surface area contributed by atoms with Gasteiger partial charge in [0.1, 0.15) is 0 Å². The molecule has 2 heteroatoms. The van der Waals surface area contributed by atoms with Gasteiger partial charge in [0.05, 0.1) is 11.4 Å². The minimum Gasteiger partial charge on any atom is -0.383 e. The lowest BCUT2D eigenvalue weighted by Crippen LogP contribution is -2.29. The molecule has 2 nitrogen and oxygen atoms in total. The summed E-state index contributed by atoms with van der Waals surface area (Å²) in [6.07, 6.45) is 5.37. The van der Waals surface area contributed by atoms with Gasteiger partial charge >= 0.3 is 0 Å². The SMILES string of the molecule is c1ccc2c(c1)NCCCCN2C1CC1. The summed E-state index contributed by atoms with van der Waals surface area (Å²) in [6, 6.07) is 9.56. The van der Waals surface area contributed by atoms with Crippen LogP contribution in [0.3, 0.4) is 0 Å². The third-order valence-corrected chi connectivity index (χ3v) is 3.34. The zero-order chi connectivity index (χ0) is 10.1. The number of para-hydroxylation sites is 2. The van der Waals surface area contributed by atoms with Crippen LogP contribution in [0, 0.1) is 0 Å². The lowest BCUT2D eigenvalue weighted by atomic mass is 10.1. The molecule has 80 valence electrons. The fraction of sp³-hybridized carbons (Fsp3) is 0.538. The maximum Gasteiger partial charge on any atom is 0.0604 e. The highest BCUT2D eigenvalue weighted by Crippen LogP contribution is 2.36. The standard InChI is InChI=1S/C13H18N2/c1-2-6-13-12(5-1)14-9-3-4-10-15(13)11-7-8-11/h1-2,5-6,11,14H,3-4,7-10H2. The quantitative estimate of drug-likeness (QED) is 0.753. The van der Waals surface area contributed by atoms with E-state index in [1.54, 1.807) is 0 Å². The Morgan fingerprint density at radius 2 is 2.00 bits per heavy atom. The molecule has 0 saturated heterocycles. The van der Waals surface area contributed by atoms with Crippen molar-refractivity contribution in [3.63, 3.8) is 0 Å². The number of nitrogens with zero attached hydrogens (tertiary/aromatic N) is 1. The van der Waals surface area contributed by atoms with Crippen molar-refractivity contribution in [1.29, 1.82) is 0 Å². The average molecular weight is 202 g/mol. The number of fused-ring (bicyclic) bond motifs is 1. The molecule has 0 unspecified atom stereocenters. The predicted molar refractivity (Wildman–Crippen MR) is 64.5 cm³/mol. The van der Waals surface area contributed by atoms with Crippen LogP contribution in [0.1, 0.15) is 25.7 Å². The van der Waals surface area contributed by atoms with E-state index in [4.69, 9.17) is 0 Å². The van der Waals surface area contributed by atoms with Gasteiger partial charge in [-0.1, -0.05) is 12.1 Å². The first-order valence-corrected chi connectivity index (χ1v) is 6.05. The summed E-state index contributed by atoms with van der Waals surface area (Å²) >= 11 is 0. The largest absolute Gasteiger partial charge is 0.383 e. The van der Waals surface area contributed by atoms with Crippen molar-refractivity contribution in [2.75, 3.05) is 23.3 Å². The van der Waals surface area contributed by atoms with Crippen LogP contribution in [0.2, 0.25) is 0 Å². The van der Waals surface area contributed by atoms with Gasteiger partial charge in [-0.15, -0.1) is 0 Å². The van der Waals surface area contributed by atoms with E-state index in [1.807, 2.05) is 0 Å². The Hall–Kier alpha value is -1.18. The number of hydrogen-bond acceptors (Lipinski definition) is 2. The average Bonchev–Trinajstić information content (AvgIpc) is 3.03. The summed E-state index contributed by atoms with van der Waals surface area (Å²) in [5.41, 5.74) is 2.74. The molecule has 1 aromatic carbocycles. The monoisotopic (exact) mass is 202 g/mol. The highest BCUT2D eigenvalue weighted by atomic mass is 15.2. The molecule has 1 heterocycles. The van der Waals surface area contributed by atoms with E-state index in [0.29, 0.717) is 0 Å². The van der Waals surface area contributed by atoms with E-state index >= 15 is 0 Å². The molecule has 0 aromatic heterocycles. The summed E-state index contributed by atoms with van der Waals surface area (Å²) in [5, 5.41) is 3.54. The van der Waals surface area contributed by atoms with Gasteiger partial charge in [-0.2, -0.15) is 0 Å². The summed E-state index contributed by atoms with van der Waals surface area (Å²) < 4.78 is 0. The Balaban J connectivity index is 1.95. The van der Waals surface area contributed by atoms with Crippen molar-refractivity contribution in [3.8, 4) is 0 Å². The molecule has 0 amide bonds. The number of nitrogens with one attached hydrogen (secondary N) is 1. The summed E-state index contributed by atoms with van der Waals surface area (Å²) in [6.45, 7) is 2.36. The molecule has 1 N–H and O–H groups in total. The fourth-order valence-corrected chi connectivity index (χ4v) is 2.39. The Labute approximate surface area is 91.3 Å². The van der Waals surface area contributed by atoms with Gasteiger partial charge < -0.3 is 10.2 Å². The molecule has 1 aromatic rings. The Kier molecular flexibility index (Phi) is 2.28. The molecule has 3 rings (SSSR count). The van der Waals surface area contributed by atoms with Gasteiger partial charge in [-0.25, -0.2) is 0 Å². The highest BCUT2D eigenvalue weighted by Gasteiger charge is 2.30. The second-order valence-corrected chi connectivity index (χ2v) is 4.58. The summed E-state index contributed by atoms with van der Waals surface area (Å²) in [7, 11) is 0. The minimum atomic E-state index is 0.825. The first kappa shape index (κ1) is 9.08. The van der Waals surface area contributed by atoms with E-state index in [2.05, 4.69) is 34.5 Å². The normalized spacial score (nSPS) is 21.2. The Bertz CT molecular complexity index is 344.